The summed E-state index contributed by atoms with van der Waals surface area (Å²) in [5.41, 5.74) is 4.62. The molecule has 0 fully saturated rings. The van der Waals surface area contributed by atoms with Crippen LogP contribution in [0.25, 0.3) is 0 Å². The van der Waals surface area contributed by atoms with Crippen molar-refractivity contribution in [3.8, 4) is 0 Å². The highest BCUT2D eigenvalue weighted by Crippen LogP contribution is 2.32. The van der Waals surface area contributed by atoms with Crippen molar-refractivity contribution in [3.63, 3.8) is 0 Å². The second-order valence-electron chi connectivity index (χ2n) is 4.16. The Morgan fingerprint density at radius 3 is 2.32 bits per heavy atom. The predicted octanol–water partition coefficient (Wildman–Crippen LogP) is 4.39. The van der Waals surface area contributed by atoms with E-state index in [1.165, 1.54) is 0 Å². The number of hydrazine groups is 1. The molecule has 0 radical (unpaired) electrons. The average Bonchev–Trinajstić information content (AvgIpc) is 2.41. The zero-order chi connectivity index (χ0) is 13.8. The van der Waals surface area contributed by atoms with Crippen molar-refractivity contribution in [1.29, 1.82) is 0 Å². The van der Waals surface area contributed by atoms with Crippen LogP contribution in [0.3, 0.4) is 0 Å². The van der Waals surface area contributed by atoms with Crippen LogP contribution < -0.4 is 11.3 Å². The molecule has 0 amide bonds. The molecule has 0 aliphatic rings. The van der Waals surface area contributed by atoms with Gasteiger partial charge in [0.2, 0.25) is 0 Å². The topological polar surface area (TPSA) is 38.0 Å². The number of rotatable bonds is 4. The molecular formula is C14H13Cl3N2. The maximum absolute atomic E-state index is 6.21. The summed E-state index contributed by atoms with van der Waals surface area (Å²) in [5, 5.41) is 1.73. The van der Waals surface area contributed by atoms with Gasteiger partial charge >= 0.3 is 0 Å². The van der Waals surface area contributed by atoms with Crippen LogP contribution >= 0.6 is 34.8 Å². The normalized spacial score (nSPS) is 12.4. The van der Waals surface area contributed by atoms with E-state index in [0.29, 0.717) is 21.5 Å². The molecule has 2 aromatic carbocycles. The summed E-state index contributed by atoms with van der Waals surface area (Å²) in [6.07, 6.45) is 0.635. The highest BCUT2D eigenvalue weighted by molar-refractivity contribution is 6.42. The standard InChI is InChI=1S/C14H13Cl3N2/c15-11-6-2-1-4-9(11)8-13(19-18)10-5-3-7-12(16)14(10)17/h1-7,13,19H,8,18H2. The van der Waals surface area contributed by atoms with Gasteiger partial charge in [0, 0.05) is 5.02 Å². The van der Waals surface area contributed by atoms with E-state index in [1.54, 1.807) is 6.07 Å². The highest BCUT2D eigenvalue weighted by atomic mass is 35.5. The van der Waals surface area contributed by atoms with Gasteiger partial charge in [-0.05, 0) is 29.7 Å². The maximum Gasteiger partial charge on any atom is 0.0640 e. The lowest BCUT2D eigenvalue weighted by Gasteiger charge is -2.19. The Balaban J connectivity index is 2.31. The van der Waals surface area contributed by atoms with E-state index in [9.17, 15) is 0 Å². The molecule has 0 saturated carbocycles. The number of halogens is 3. The first-order chi connectivity index (χ1) is 9.13. The number of nitrogens with one attached hydrogen (secondary N) is 1. The van der Waals surface area contributed by atoms with E-state index in [-0.39, 0.29) is 6.04 Å². The molecule has 1 unspecified atom stereocenters. The average molecular weight is 316 g/mol. The van der Waals surface area contributed by atoms with Crippen LogP contribution in [-0.2, 0) is 6.42 Å². The maximum atomic E-state index is 6.21. The van der Waals surface area contributed by atoms with E-state index in [1.807, 2.05) is 36.4 Å². The van der Waals surface area contributed by atoms with Crippen molar-refractivity contribution in [3.05, 3.63) is 68.7 Å². The van der Waals surface area contributed by atoms with Crippen LogP contribution in [-0.4, -0.2) is 0 Å². The van der Waals surface area contributed by atoms with Crippen LogP contribution in [0.2, 0.25) is 15.1 Å². The molecule has 2 aromatic rings. The van der Waals surface area contributed by atoms with Gasteiger partial charge in [0.25, 0.3) is 0 Å². The Bertz CT molecular complexity index is 572. The van der Waals surface area contributed by atoms with Crippen LogP contribution in [0.5, 0.6) is 0 Å². The summed E-state index contributed by atoms with van der Waals surface area (Å²) in [6, 6.07) is 13.0. The van der Waals surface area contributed by atoms with Gasteiger partial charge in [-0.1, -0.05) is 65.1 Å². The third kappa shape index (κ3) is 3.41. The van der Waals surface area contributed by atoms with E-state index < -0.39 is 0 Å². The molecule has 2 nitrogen and oxygen atoms in total. The fourth-order valence-corrected chi connectivity index (χ4v) is 2.58. The Labute approximate surface area is 127 Å². The molecule has 0 heterocycles. The lowest BCUT2D eigenvalue weighted by Crippen LogP contribution is -2.29. The minimum atomic E-state index is -0.147. The van der Waals surface area contributed by atoms with Crippen molar-refractivity contribution in [2.24, 2.45) is 5.84 Å². The third-order valence-electron chi connectivity index (χ3n) is 2.94. The first-order valence-electron chi connectivity index (χ1n) is 5.77. The fourth-order valence-electron chi connectivity index (χ4n) is 1.93. The Kier molecular flexibility index (Phi) is 5.08. The van der Waals surface area contributed by atoms with Gasteiger partial charge in [-0.2, -0.15) is 0 Å². The Hall–Kier alpha value is -0.770. The van der Waals surface area contributed by atoms with Gasteiger partial charge in [0.1, 0.15) is 0 Å². The van der Waals surface area contributed by atoms with E-state index in [0.717, 1.165) is 11.1 Å². The number of hydrogen-bond acceptors (Lipinski definition) is 2. The van der Waals surface area contributed by atoms with Crippen LogP contribution in [0.4, 0.5) is 0 Å². The molecular weight excluding hydrogens is 303 g/mol. The van der Waals surface area contributed by atoms with Gasteiger partial charge in [-0.25, -0.2) is 0 Å². The molecule has 100 valence electrons. The lowest BCUT2D eigenvalue weighted by molar-refractivity contribution is 0.552. The molecule has 19 heavy (non-hydrogen) atoms. The summed E-state index contributed by atoms with van der Waals surface area (Å²) >= 11 is 18.4. The first kappa shape index (κ1) is 14.6. The van der Waals surface area contributed by atoms with E-state index >= 15 is 0 Å². The molecule has 0 bridgehead atoms. The van der Waals surface area contributed by atoms with E-state index in [2.05, 4.69) is 5.43 Å². The van der Waals surface area contributed by atoms with Gasteiger partial charge in [-0.15, -0.1) is 0 Å². The molecule has 0 aliphatic carbocycles. The second-order valence-corrected chi connectivity index (χ2v) is 5.35. The minimum absolute atomic E-state index is 0.147. The molecule has 2 rings (SSSR count). The van der Waals surface area contributed by atoms with Gasteiger partial charge < -0.3 is 0 Å². The summed E-state index contributed by atoms with van der Waals surface area (Å²) in [5.74, 6) is 5.63. The van der Waals surface area contributed by atoms with Crippen LogP contribution in [0.1, 0.15) is 17.2 Å². The molecule has 3 N–H and O–H groups in total. The van der Waals surface area contributed by atoms with Gasteiger partial charge in [0.15, 0.2) is 0 Å². The monoisotopic (exact) mass is 314 g/mol. The van der Waals surface area contributed by atoms with Crippen molar-refractivity contribution in [2.45, 2.75) is 12.5 Å². The Morgan fingerprint density at radius 2 is 1.63 bits per heavy atom. The SMILES string of the molecule is NNC(Cc1ccccc1Cl)c1cccc(Cl)c1Cl. The summed E-state index contributed by atoms with van der Waals surface area (Å²) < 4.78 is 0. The number of benzene rings is 2. The Morgan fingerprint density at radius 1 is 0.947 bits per heavy atom. The van der Waals surface area contributed by atoms with Crippen molar-refractivity contribution in [2.75, 3.05) is 0 Å². The summed E-state index contributed by atoms with van der Waals surface area (Å²) in [4.78, 5) is 0. The number of hydrogen-bond donors (Lipinski definition) is 2. The molecule has 0 aliphatic heterocycles. The van der Waals surface area contributed by atoms with E-state index in [4.69, 9.17) is 40.6 Å². The molecule has 0 spiro atoms. The zero-order valence-corrected chi connectivity index (χ0v) is 12.3. The summed E-state index contributed by atoms with van der Waals surface area (Å²) in [6.45, 7) is 0. The molecule has 1 atom stereocenters. The van der Waals surface area contributed by atoms with Gasteiger partial charge in [0.05, 0.1) is 16.1 Å². The van der Waals surface area contributed by atoms with Gasteiger partial charge in [-0.3, -0.25) is 11.3 Å². The zero-order valence-electron chi connectivity index (χ0n) is 10.0. The van der Waals surface area contributed by atoms with Crippen molar-refractivity contribution < 1.29 is 0 Å². The van der Waals surface area contributed by atoms with Crippen molar-refractivity contribution >= 4 is 34.8 Å². The van der Waals surface area contributed by atoms with Crippen LogP contribution in [0, 0.1) is 0 Å². The smallest absolute Gasteiger partial charge is 0.0640 e. The minimum Gasteiger partial charge on any atom is -0.271 e. The van der Waals surface area contributed by atoms with Crippen LogP contribution in [0.15, 0.2) is 42.5 Å². The predicted molar refractivity (Wildman–Crippen MR) is 81.7 cm³/mol. The summed E-state index contributed by atoms with van der Waals surface area (Å²) in [7, 11) is 0. The fraction of sp³-hybridized carbons (Fsp3) is 0.143. The van der Waals surface area contributed by atoms with Crippen molar-refractivity contribution in [1.82, 2.24) is 5.43 Å². The second kappa shape index (κ2) is 6.60. The number of nitrogens with two attached hydrogens (primary N) is 1. The third-order valence-corrected chi connectivity index (χ3v) is 4.14. The quantitative estimate of drug-likeness (QED) is 0.648. The first-order valence-corrected chi connectivity index (χ1v) is 6.90. The molecule has 0 saturated heterocycles. The largest absolute Gasteiger partial charge is 0.271 e. The molecule has 5 heteroatoms. The highest BCUT2D eigenvalue weighted by Gasteiger charge is 2.16. The lowest BCUT2D eigenvalue weighted by atomic mass is 9.99. The molecule has 0 aromatic heterocycles.